The van der Waals surface area contributed by atoms with E-state index in [1.54, 1.807) is 17.0 Å². The van der Waals surface area contributed by atoms with Crippen LogP contribution in [0.1, 0.15) is 18.4 Å². The molecule has 3 amide bonds. The molecule has 1 fully saturated rings. The molecule has 3 N–H and O–H groups in total. The number of nitrogens with zero attached hydrogens (tertiary/aromatic N) is 1. The van der Waals surface area contributed by atoms with Crippen LogP contribution in [0.15, 0.2) is 54.6 Å². The van der Waals surface area contributed by atoms with Crippen LogP contribution in [0.4, 0.5) is 16.2 Å². The number of benzene rings is 2. The molecule has 0 saturated carbocycles. The summed E-state index contributed by atoms with van der Waals surface area (Å²) < 4.78 is 0. The zero-order valence-corrected chi connectivity index (χ0v) is 14.5. The summed E-state index contributed by atoms with van der Waals surface area (Å²) in [5, 5.41) is 15.1. The molecular weight excluding hydrogens is 330 g/mol. The highest BCUT2D eigenvalue weighted by Crippen LogP contribution is 2.24. The van der Waals surface area contributed by atoms with Crippen molar-refractivity contribution in [3.63, 3.8) is 0 Å². The molecule has 0 radical (unpaired) electrons. The number of hydrogen-bond donors (Lipinski definition) is 3. The average Bonchev–Trinajstić information content (AvgIpc) is 3.08. The Labute approximate surface area is 152 Å². The quantitative estimate of drug-likeness (QED) is 0.746. The minimum absolute atomic E-state index is 0.106. The standard InChI is InChI=1S/C20H23N3O3/c24-14-17(12-15-6-2-1-3-7-15)22-20(26)21-16-8-4-9-18(13-16)23-11-5-10-19(23)25/h1-4,6-9,13,17,24H,5,10-12,14H2,(H2,21,22,26). The summed E-state index contributed by atoms with van der Waals surface area (Å²) in [5.74, 6) is 0.106. The van der Waals surface area contributed by atoms with E-state index in [0.29, 0.717) is 25.1 Å². The van der Waals surface area contributed by atoms with E-state index in [9.17, 15) is 14.7 Å². The van der Waals surface area contributed by atoms with Gasteiger partial charge in [0.1, 0.15) is 0 Å². The van der Waals surface area contributed by atoms with Gasteiger partial charge in [-0.05, 0) is 36.6 Å². The number of urea groups is 1. The number of amides is 3. The van der Waals surface area contributed by atoms with Crippen molar-refractivity contribution in [3.8, 4) is 0 Å². The molecule has 2 aromatic carbocycles. The average molecular weight is 353 g/mol. The van der Waals surface area contributed by atoms with Gasteiger partial charge in [-0.15, -0.1) is 0 Å². The monoisotopic (exact) mass is 353 g/mol. The summed E-state index contributed by atoms with van der Waals surface area (Å²) in [6, 6.07) is 16.2. The van der Waals surface area contributed by atoms with Crippen LogP contribution in [0.3, 0.4) is 0 Å². The van der Waals surface area contributed by atoms with Gasteiger partial charge in [0.25, 0.3) is 0 Å². The molecule has 6 nitrogen and oxygen atoms in total. The number of nitrogens with one attached hydrogen (secondary N) is 2. The molecule has 136 valence electrons. The van der Waals surface area contributed by atoms with E-state index < -0.39 is 0 Å². The lowest BCUT2D eigenvalue weighted by Gasteiger charge is -2.19. The number of aliphatic hydroxyl groups is 1. The molecule has 1 atom stereocenters. The van der Waals surface area contributed by atoms with Crippen molar-refractivity contribution >= 4 is 23.3 Å². The van der Waals surface area contributed by atoms with Gasteiger partial charge in [0.05, 0.1) is 12.6 Å². The molecule has 0 aliphatic carbocycles. The van der Waals surface area contributed by atoms with Crippen molar-refractivity contribution in [1.29, 1.82) is 0 Å². The first-order valence-corrected chi connectivity index (χ1v) is 8.78. The summed E-state index contributed by atoms with van der Waals surface area (Å²) in [6.07, 6.45) is 1.97. The molecule has 1 aliphatic heterocycles. The van der Waals surface area contributed by atoms with E-state index in [2.05, 4.69) is 10.6 Å². The summed E-state index contributed by atoms with van der Waals surface area (Å²) in [4.78, 5) is 25.9. The van der Waals surface area contributed by atoms with Gasteiger partial charge in [-0.1, -0.05) is 36.4 Å². The van der Waals surface area contributed by atoms with Gasteiger partial charge in [-0.25, -0.2) is 4.79 Å². The Balaban J connectivity index is 1.59. The SMILES string of the molecule is O=C(Nc1cccc(N2CCCC2=O)c1)NC(CO)Cc1ccccc1. The number of hydrogen-bond acceptors (Lipinski definition) is 3. The molecule has 26 heavy (non-hydrogen) atoms. The smallest absolute Gasteiger partial charge is 0.319 e. The fourth-order valence-corrected chi connectivity index (χ4v) is 3.09. The first kappa shape index (κ1) is 17.9. The third kappa shape index (κ3) is 4.61. The molecule has 3 rings (SSSR count). The fourth-order valence-electron chi connectivity index (χ4n) is 3.09. The van der Waals surface area contributed by atoms with Crippen molar-refractivity contribution < 1.29 is 14.7 Å². The van der Waals surface area contributed by atoms with Crippen LogP contribution < -0.4 is 15.5 Å². The topological polar surface area (TPSA) is 81.7 Å². The van der Waals surface area contributed by atoms with Crippen LogP contribution in [0.25, 0.3) is 0 Å². The molecule has 6 heteroatoms. The zero-order valence-electron chi connectivity index (χ0n) is 14.5. The zero-order chi connectivity index (χ0) is 18.4. The Morgan fingerprint density at radius 1 is 1.15 bits per heavy atom. The summed E-state index contributed by atoms with van der Waals surface area (Å²) in [6.45, 7) is 0.558. The summed E-state index contributed by atoms with van der Waals surface area (Å²) in [5.41, 5.74) is 2.44. The van der Waals surface area contributed by atoms with E-state index in [4.69, 9.17) is 0 Å². The van der Waals surface area contributed by atoms with Crippen LogP contribution in [-0.2, 0) is 11.2 Å². The number of carbonyl (C=O) groups excluding carboxylic acids is 2. The van der Waals surface area contributed by atoms with E-state index in [-0.39, 0.29) is 24.6 Å². The minimum atomic E-state index is -0.384. The van der Waals surface area contributed by atoms with Crippen LogP contribution in [-0.4, -0.2) is 36.2 Å². The molecule has 1 saturated heterocycles. The molecule has 1 heterocycles. The van der Waals surface area contributed by atoms with Gasteiger partial charge < -0.3 is 20.6 Å². The number of carbonyl (C=O) groups is 2. The highest BCUT2D eigenvalue weighted by atomic mass is 16.3. The first-order valence-electron chi connectivity index (χ1n) is 8.78. The molecular formula is C20H23N3O3. The van der Waals surface area contributed by atoms with Crippen LogP contribution in [0, 0.1) is 0 Å². The molecule has 0 aromatic heterocycles. The third-order valence-corrected chi connectivity index (χ3v) is 4.37. The van der Waals surface area contributed by atoms with Crippen molar-refractivity contribution in [2.45, 2.75) is 25.3 Å². The van der Waals surface area contributed by atoms with Crippen LogP contribution >= 0.6 is 0 Å². The molecule has 0 spiro atoms. The number of rotatable bonds is 6. The Morgan fingerprint density at radius 3 is 2.65 bits per heavy atom. The minimum Gasteiger partial charge on any atom is -0.394 e. The number of aliphatic hydroxyl groups excluding tert-OH is 1. The van der Waals surface area contributed by atoms with E-state index in [0.717, 1.165) is 17.7 Å². The van der Waals surface area contributed by atoms with Crippen LogP contribution in [0.5, 0.6) is 0 Å². The van der Waals surface area contributed by atoms with Crippen molar-refractivity contribution in [3.05, 3.63) is 60.2 Å². The maximum atomic E-state index is 12.3. The number of anilines is 2. The van der Waals surface area contributed by atoms with E-state index in [1.165, 1.54) is 0 Å². The highest BCUT2D eigenvalue weighted by molar-refractivity contribution is 5.96. The Kier molecular flexibility index (Phi) is 5.86. The van der Waals surface area contributed by atoms with E-state index >= 15 is 0 Å². The predicted molar refractivity (Wildman–Crippen MR) is 101 cm³/mol. The van der Waals surface area contributed by atoms with Crippen molar-refractivity contribution in [1.82, 2.24) is 5.32 Å². The first-order chi connectivity index (χ1) is 12.7. The van der Waals surface area contributed by atoms with Crippen LogP contribution in [0.2, 0.25) is 0 Å². The second kappa shape index (κ2) is 8.49. The van der Waals surface area contributed by atoms with Gasteiger partial charge in [-0.3, -0.25) is 4.79 Å². The molecule has 1 aliphatic rings. The van der Waals surface area contributed by atoms with Gasteiger partial charge in [0, 0.05) is 24.3 Å². The van der Waals surface area contributed by atoms with E-state index in [1.807, 2.05) is 42.5 Å². The Bertz CT molecular complexity index is 764. The van der Waals surface area contributed by atoms with Crippen molar-refractivity contribution in [2.24, 2.45) is 0 Å². The van der Waals surface area contributed by atoms with Gasteiger partial charge in [0.2, 0.25) is 5.91 Å². The lowest BCUT2D eigenvalue weighted by atomic mass is 10.1. The summed E-state index contributed by atoms with van der Waals surface area (Å²) >= 11 is 0. The maximum absolute atomic E-state index is 12.3. The Morgan fingerprint density at radius 2 is 1.96 bits per heavy atom. The maximum Gasteiger partial charge on any atom is 0.319 e. The normalized spacial score (nSPS) is 15.0. The molecule has 2 aromatic rings. The molecule has 1 unspecified atom stereocenters. The van der Waals surface area contributed by atoms with Gasteiger partial charge in [-0.2, -0.15) is 0 Å². The van der Waals surface area contributed by atoms with Gasteiger partial charge in [0.15, 0.2) is 0 Å². The lowest BCUT2D eigenvalue weighted by Crippen LogP contribution is -2.41. The second-order valence-corrected chi connectivity index (χ2v) is 6.37. The Hall–Kier alpha value is -2.86. The second-order valence-electron chi connectivity index (χ2n) is 6.37. The largest absolute Gasteiger partial charge is 0.394 e. The summed E-state index contributed by atoms with van der Waals surface area (Å²) in [7, 11) is 0. The molecule has 0 bridgehead atoms. The lowest BCUT2D eigenvalue weighted by molar-refractivity contribution is -0.117. The van der Waals surface area contributed by atoms with Gasteiger partial charge >= 0.3 is 6.03 Å². The van der Waals surface area contributed by atoms with Crippen molar-refractivity contribution in [2.75, 3.05) is 23.4 Å². The predicted octanol–water partition coefficient (Wildman–Crippen LogP) is 2.54. The third-order valence-electron chi connectivity index (χ3n) is 4.37. The highest BCUT2D eigenvalue weighted by Gasteiger charge is 2.22. The fraction of sp³-hybridized carbons (Fsp3) is 0.300.